The van der Waals surface area contributed by atoms with Gasteiger partial charge in [0.1, 0.15) is 12.1 Å². The van der Waals surface area contributed by atoms with Crippen molar-refractivity contribution in [1.29, 1.82) is 0 Å². The first-order valence-corrected chi connectivity index (χ1v) is 8.12. The molecule has 1 heterocycles. The fourth-order valence-electron chi connectivity index (χ4n) is 2.45. The van der Waals surface area contributed by atoms with Crippen LogP contribution in [-0.4, -0.2) is 22.0 Å². The van der Waals surface area contributed by atoms with Crippen LogP contribution in [0.15, 0.2) is 54.9 Å². The molecule has 0 aliphatic carbocycles. The van der Waals surface area contributed by atoms with Crippen LogP contribution in [0.4, 0.5) is 41.9 Å². The van der Waals surface area contributed by atoms with Crippen LogP contribution in [0.5, 0.6) is 5.75 Å². The molecule has 0 radical (unpaired) electrons. The fraction of sp³-hybridized carbons (Fsp3) is 0.111. The number of alkyl halides is 3. The first-order valence-electron chi connectivity index (χ1n) is 8.12. The average Bonchev–Trinajstić information content (AvgIpc) is 2.68. The summed E-state index contributed by atoms with van der Waals surface area (Å²) in [4.78, 5) is 18.7. The predicted octanol–water partition coefficient (Wildman–Crippen LogP) is 4.90. The molecule has 2 N–H and O–H groups in total. The number of rotatable bonds is 6. The summed E-state index contributed by atoms with van der Waals surface area (Å²) in [5.41, 5.74) is -0.602. The summed E-state index contributed by atoms with van der Waals surface area (Å²) in [5, 5.41) is 17.1. The number of aromatic nitrogens is 2. The van der Waals surface area contributed by atoms with Gasteiger partial charge in [-0.2, -0.15) is 13.2 Å². The summed E-state index contributed by atoms with van der Waals surface area (Å²) >= 11 is 0. The minimum Gasteiger partial charge on any atom is -0.497 e. The average molecular weight is 405 g/mol. The Morgan fingerprint density at radius 3 is 2.17 bits per heavy atom. The Balaban J connectivity index is 1.91. The molecular weight excluding hydrogens is 391 g/mol. The van der Waals surface area contributed by atoms with Crippen molar-refractivity contribution < 1.29 is 22.8 Å². The van der Waals surface area contributed by atoms with Crippen LogP contribution in [-0.2, 0) is 6.18 Å². The molecule has 0 saturated carbocycles. The molecule has 8 nitrogen and oxygen atoms in total. The van der Waals surface area contributed by atoms with Crippen LogP contribution in [0.2, 0.25) is 0 Å². The summed E-state index contributed by atoms with van der Waals surface area (Å²) in [6.07, 6.45) is -3.38. The summed E-state index contributed by atoms with van der Waals surface area (Å²) in [7, 11) is 1.48. The Labute approximate surface area is 162 Å². The van der Waals surface area contributed by atoms with Crippen LogP contribution < -0.4 is 15.4 Å². The molecule has 2 aromatic carbocycles. The second-order valence-electron chi connectivity index (χ2n) is 5.73. The lowest BCUT2D eigenvalue weighted by molar-refractivity contribution is -0.383. The minimum absolute atomic E-state index is 0.0901. The summed E-state index contributed by atoms with van der Waals surface area (Å²) in [6.45, 7) is 0. The van der Waals surface area contributed by atoms with E-state index in [9.17, 15) is 23.3 Å². The molecule has 1 aromatic heterocycles. The van der Waals surface area contributed by atoms with Crippen molar-refractivity contribution in [2.45, 2.75) is 6.18 Å². The molecule has 29 heavy (non-hydrogen) atoms. The Morgan fingerprint density at radius 2 is 1.62 bits per heavy atom. The van der Waals surface area contributed by atoms with Crippen molar-refractivity contribution in [2.75, 3.05) is 17.7 Å². The number of nitrogens with zero attached hydrogens (tertiary/aromatic N) is 3. The number of methoxy groups -OCH3 is 1. The van der Waals surface area contributed by atoms with Crippen LogP contribution in [0.25, 0.3) is 0 Å². The van der Waals surface area contributed by atoms with Gasteiger partial charge in [0.2, 0.25) is 11.6 Å². The lowest BCUT2D eigenvalue weighted by Crippen LogP contribution is -2.06. The van der Waals surface area contributed by atoms with Crippen molar-refractivity contribution in [3.8, 4) is 5.75 Å². The van der Waals surface area contributed by atoms with E-state index in [1.54, 1.807) is 24.3 Å². The van der Waals surface area contributed by atoms with Gasteiger partial charge in [-0.25, -0.2) is 9.97 Å². The number of ether oxygens (including phenoxy) is 1. The highest BCUT2D eigenvalue weighted by molar-refractivity contribution is 5.77. The van der Waals surface area contributed by atoms with Gasteiger partial charge in [0, 0.05) is 17.4 Å². The summed E-state index contributed by atoms with van der Waals surface area (Å²) in [5.74, 6) is 0.276. The highest BCUT2D eigenvalue weighted by atomic mass is 19.4. The zero-order valence-corrected chi connectivity index (χ0v) is 14.9. The first-order chi connectivity index (χ1) is 13.8. The number of benzene rings is 2. The summed E-state index contributed by atoms with van der Waals surface area (Å²) < 4.78 is 43.2. The fourth-order valence-corrected chi connectivity index (χ4v) is 2.45. The van der Waals surface area contributed by atoms with Crippen LogP contribution in [0, 0.1) is 10.1 Å². The van der Waals surface area contributed by atoms with Crippen molar-refractivity contribution in [1.82, 2.24) is 9.97 Å². The van der Waals surface area contributed by atoms with Gasteiger partial charge in [0.05, 0.1) is 17.6 Å². The third-order valence-corrected chi connectivity index (χ3v) is 3.81. The summed E-state index contributed by atoms with van der Waals surface area (Å²) in [6, 6.07) is 10.7. The van der Waals surface area contributed by atoms with E-state index < -0.39 is 22.4 Å². The second-order valence-corrected chi connectivity index (χ2v) is 5.73. The van der Waals surface area contributed by atoms with Crippen LogP contribution in [0.1, 0.15) is 5.56 Å². The maximum Gasteiger partial charge on any atom is 0.416 e. The zero-order valence-electron chi connectivity index (χ0n) is 14.9. The minimum atomic E-state index is -4.48. The molecule has 0 amide bonds. The van der Waals surface area contributed by atoms with E-state index in [-0.39, 0.29) is 17.3 Å². The second kappa shape index (κ2) is 8.00. The Hall–Kier alpha value is -3.89. The number of anilines is 4. The molecular formula is C18H14F3N5O3. The quantitative estimate of drug-likeness (QED) is 0.444. The maximum atomic E-state index is 12.7. The highest BCUT2D eigenvalue weighted by Crippen LogP contribution is 2.34. The zero-order chi connectivity index (χ0) is 21.0. The van der Waals surface area contributed by atoms with Gasteiger partial charge in [-0.3, -0.25) is 10.1 Å². The van der Waals surface area contributed by atoms with Gasteiger partial charge in [0.15, 0.2) is 0 Å². The van der Waals surface area contributed by atoms with Crippen molar-refractivity contribution in [3.05, 3.63) is 70.5 Å². The van der Waals surface area contributed by atoms with Crippen LogP contribution >= 0.6 is 0 Å². The molecule has 0 aliphatic heterocycles. The van der Waals surface area contributed by atoms with Gasteiger partial charge in [0.25, 0.3) is 0 Å². The number of nitro groups is 1. The molecule has 150 valence electrons. The molecule has 0 bridgehead atoms. The van der Waals surface area contributed by atoms with Crippen LogP contribution in [0.3, 0.4) is 0 Å². The number of halogens is 3. The highest BCUT2D eigenvalue weighted by Gasteiger charge is 2.30. The van der Waals surface area contributed by atoms with E-state index in [1.807, 2.05) is 0 Å². The van der Waals surface area contributed by atoms with Crippen molar-refractivity contribution in [3.63, 3.8) is 0 Å². The first kappa shape index (κ1) is 19.9. The standard InChI is InChI=1S/C18H14F3N5O3/c1-29-14-4-2-3-13(9-14)25-17-15(26(27)28)16(22-10-23-17)24-12-7-5-11(6-8-12)18(19,20)21/h2-10H,1H3,(H2,22,23,24,25). The SMILES string of the molecule is COc1cccc(Nc2ncnc(Nc3ccc(C(F)(F)F)cc3)c2[N+](=O)[O-])c1. The Kier molecular flexibility index (Phi) is 5.48. The predicted molar refractivity (Wildman–Crippen MR) is 99.7 cm³/mol. The molecule has 3 rings (SSSR count). The van der Waals surface area contributed by atoms with E-state index in [0.717, 1.165) is 30.6 Å². The van der Waals surface area contributed by atoms with E-state index in [4.69, 9.17) is 4.74 Å². The van der Waals surface area contributed by atoms with Crippen molar-refractivity contribution in [2.24, 2.45) is 0 Å². The normalized spacial score (nSPS) is 11.0. The molecule has 11 heteroatoms. The lowest BCUT2D eigenvalue weighted by atomic mass is 10.2. The molecule has 0 spiro atoms. The van der Waals surface area contributed by atoms with Gasteiger partial charge < -0.3 is 15.4 Å². The van der Waals surface area contributed by atoms with E-state index >= 15 is 0 Å². The molecule has 0 fully saturated rings. The van der Waals surface area contributed by atoms with Gasteiger partial charge in [-0.05, 0) is 36.4 Å². The smallest absolute Gasteiger partial charge is 0.416 e. The van der Waals surface area contributed by atoms with E-state index in [2.05, 4.69) is 20.6 Å². The number of hydrogen-bond acceptors (Lipinski definition) is 7. The maximum absolute atomic E-state index is 12.7. The lowest BCUT2D eigenvalue weighted by Gasteiger charge is -2.11. The van der Waals surface area contributed by atoms with Gasteiger partial charge >= 0.3 is 11.9 Å². The molecule has 0 unspecified atom stereocenters. The van der Waals surface area contributed by atoms with E-state index in [0.29, 0.717) is 11.4 Å². The number of hydrogen-bond donors (Lipinski definition) is 2. The van der Waals surface area contributed by atoms with Gasteiger partial charge in [-0.15, -0.1) is 0 Å². The molecule has 0 atom stereocenters. The topological polar surface area (TPSA) is 102 Å². The Bertz CT molecular complexity index is 1030. The third-order valence-electron chi connectivity index (χ3n) is 3.81. The third kappa shape index (κ3) is 4.69. The molecule has 0 saturated heterocycles. The number of nitrogens with one attached hydrogen (secondary N) is 2. The van der Waals surface area contributed by atoms with Crippen molar-refractivity contribution >= 4 is 28.7 Å². The van der Waals surface area contributed by atoms with E-state index in [1.165, 1.54) is 7.11 Å². The Morgan fingerprint density at radius 1 is 1.00 bits per heavy atom. The molecule has 0 aliphatic rings. The monoisotopic (exact) mass is 405 g/mol. The largest absolute Gasteiger partial charge is 0.497 e. The van der Waals surface area contributed by atoms with Gasteiger partial charge in [-0.1, -0.05) is 6.07 Å². The molecule has 3 aromatic rings.